The lowest BCUT2D eigenvalue weighted by molar-refractivity contribution is 1.06. The van der Waals surface area contributed by atoms with Crippen LogP contribution in [0, 0.1) is 6.92 Å². The number of aryl methyl sites for hydroxylation is 1. The second-order valence-electron chi connectivity index (χ2n) is 1.81. The maximum absolute atomic E-state index is 4.00. The zero-order valence-electron chi connectivity index (χ0n) is 5.05. The Morgan fingerprint density at radius 1 is 1.38 bits per heavy atom. The molecular weight excluding hydrogens is 116 g/mol. The molecule has 0 spiro atoms. The molecule has 0 N–H and O–H groups in total. The molecule has 0 fully saturated rings. The Bertz CT molecular complexity index is 149. The molecule has 0 radical (unpaired) electrons. The van der Waals surface area contributed by atoms with Crippen molar-refractivity contribution >= 4 is 15.4 Å². The maximum Gasteiger partial charge on any atom is 0.125 e. The van der Waals surface area contributed by atoms with Crippen molar-refractivity contribution in [3.63, 3.8) is 0 Å². The Hall–Kier alpha value is -0.703. The van der Waals surface area contributed by atoms with Crippen molar-refractivity contribution < 1.29 is 0 Å². The molecule has 0 bridgehead atoms. The van der Waals surface area contributed by atoms with Gasteiger partial charge in [-0.1, -0.05) is 0 Å². The summed E-state index contributed by atoms with van der Waals surface area (Å²) in [4.78, 5) is 8.00. The molecule has 3 heteroatoms. The fourth-order valence-electron chi connectivity index (χ4n) is 0.457. The first-order chi connectivity index (χ1) is 3.79. The van der Waals surface area contributed by atoms with E-state index in [4.69, 9.17) is 0 Å². The predicted molar refractivity (Wildman–Crippen MR) is 36.3 cm³/mol. The van der Waals surface area contributed by atoms with Gasteiger partial charge < -0.3 is 0 Å². The first kappa shape index (κ1) is 5.43. The van der Waals surface area contributed by atoms with E-state index >= 15 is 0 Å². The fourth-order valence-corrected chi connectivity index (χ4v) is 0.715. The second kappa shape index (κ2) is 2.04. The van der Waals surface area contributed by atoms with Crippen LogP contribution in [0.15, 0.2) is 12.4 Å². The standard InChI is InChI=1S/C5H8N2Si/c1-4-6-2-5(8)3-7-4/h2-3H,1,8H3. The molecule has 0 saturated heterocycles. The third kappa shape index (κ3) is 1.13. The summed E-state index contributed by atoms with van der Waals surface area (Å²) in [5.41, 5.74) is 0. The summed E-state index contributed by atoms with van der Waals surface area (Å²) >= 11 is 0. The molecule has 0 aromatic carbocycles. The predicted octanol–water partition coefficient (Wildman–Crippen LogP) is -1.22. The van der Waals surface area contributed by atoms with E-state index in [1.54, 1.807) is 0 Å². The molecule has 8 heavy (non-hydrogen) atoms. The molecule has 1 rings (SSSR count). The Kier molecular flexibility index (Phi) is 1.39. The van der Waals surface area contributed by atoms with Crippen LogP contribution in [0.1, 0.15) is 5.82 Å². The Morgan fingerprint density at radius 2 is 1.88 bits per heavy atom. The van der Waals surface area contributed by atoms with Gasteiger partial charge in [-0.3, -0.25) is 0 Å². The van der Waals surface area contributed by atoms with E-state index in [0.717, 1.165) is 16.1 Å². The van der Waals surface area contributed by atoms with Crippen molar-refractivity contribution in [2.45, 2.75) is 6.92 Å². The average molecular weight is 124 g/mol. The lowest BCUT2D eigenvalue weighted by Gasteiger charge is -1.88. The van der Waals surface area contributed by atoms with Gasteiger partial charge in [0.25, 0.3) is 0 Å². The molecule has 0 saturated carbocycles. The summed E-state index contributed by atoms with van der Waals surface area (Å²) in [5.74, 6) is 0.851. The van der Waals surface area contributed by atoms with Crippen LogP contribution in [0.3, 0.4) is 0 Å². The summed E-state index contributed by atoms with van der Waals surface area (Å²) in [6, 6.07) is 0. The highest BCUT2D eigenvalue weighted by molar-refractivity contribution is 6.31. The van der Waals surface area contributed by atoms with Gasteiger partial charge in [0.15, 0.2) is 0 Å². The van der Waals surface area contributed by atoms with Gasteiger partial charge in [0.05, 0.1) is 0 Å². The highest BCUT2D eigenvalue weighted by Crippen LogP contribution is 1.76. The van der Waals surface area contributed by atoms with Gasteiger partial charge in [-0.05, 0) is 12.1 Å². The lowest BCUT2D eigenvalue weighted by atomic mass is 10.6. The minimum Gasteiger partial charge on any atom is -0.242 e. The summed E-state index contributed by atoms with van der Waals surface area (Å²) in [6.07, 6.45) is 3.74. The summed E-state index contributed by atoms with van der Waals surface area (Å²) in [5, 5.41) is 1.25. The van der Waals surface area contributed by atoms with E-state index < -0.39 is 0 Å². The van der Waals surface area contributed by atoms with Crippen molar-refractivity contribution in [3.8, 4) is 0 Å². The first-order valence-electron chi connectivity index (χ1n) is 2.54. The number of rotatable bonds is 0. The molecule has 1 heterocycles. The Labute approximate surface area is 51.4 Å². The van der Waals surface area contributed by atoms with Crippen LogP contribution in [0.25, 0.3) is 0 Å². The van der Waals surface area contributed by atoms with Crippen LogP contribution in [0.5, 0.6) is 0 Å². The number of aromatic nitrogens is 2. The van der Waals surface area contributed by atoms with Crippen molar-refractivity contribution in [1.29, 1.82) is 0 Å². The van der Waals surface area contributed by atoms with E-state index in [1.807, 2.05) is 19.3 Å². The van der Waals surface area contributed by atoms with Gasteiger partial charge in [0.2, 0.25) is 0 Å². The van der Waals surface area contributed by atoms with Crippen molar-refractivity contribution in [2.75, 3.05) is 0 Å². The number of nitrogens with zero attached hydrogens (tertiary/aromatic N) is 2. The van der Waals surface area contributed by atoms with Crippen LogP contribution < -0.4 is 5.19 Å². The van der Waals surface area contributed by atoms with Crippen molar-refractivity contribution in [2.24, 2.45) is 0 Å². The fraction of sp³-hybridized carbons (Fsp3) is 0.200. The highest BCUT2D eigenvalue weighted by Gasteiger charge is 1.82. The van der Waals surface area contributed by atoms with Gasteiger partial charge in [-0.15, -0.1) is 0 Å². The third-order valence-corrected chi connectivity index (χ3v) is 1.43. The van der Waals surface area contributed by atoms with Crippen molar-refractivity contribution in [1.82, 2.24) is 9.97 Å². The maximum atomic E-state index is 4.00. The second-order valence-corrected chi connectivity index (χ2v) is 2.96. The van der Waals surface area contributed by atoms with E-state index in [9.17, 15) is 0 Å². The van der Waals surface area contributed by atoms with Crippen LogP contribution in [-0.2, 0) is 0 Å². The van der Waals surface area contributed by atoms with E-state index in [0.29, 0.717) is 0 Å². The molecule has 0 aliphatic carbocycles. The number of hydrogen-bond donors (Lipinski definition) is 0. The van der Waals surface area contributed by atoms with Crippen LogP contribution in [0.4, 0.5) is 0 Å². The zero-order chi connectivity index (χ0) is 5.98. The molecule has 2 nitrogen and oxygen atoms in total. The first-order valence-corrected chi connectivity index (χ1v) is 3.54. The van der Waals surface area contributed by atoms with Gasteiger partial charge in [0.1, 0.15) is 5.82 Å². The van der Waals surface area contributed by atoms with Crippen molar-refractivity contribution in [3.05, 3.63) is 18.2 Å². The highest BCUT2D eigenvalue weighted by atomic mass is 28.1. The quantitative estimate of drug-likeness (QED) is 0.405. The van der Waals surface area contributed by atoms with Gasteiger partial charge in [-0.25, -0.2) is 9.97 Å². The van der Waals surface area contributed by atoms with Gasteiger partial charge >= 0.3 is 0 Å². The van der Waals surface area contributed by atoms with Gasteiger partial charge in [-0.2, -0.15) is 0 Å². The largest absolute Gasteiger partial charge is 0.242 e. The summed E-state index contributed by atoms with van der Waals surface area (Å²) in [7, 11) is 1.05. The molecule has 0 amide bonds. The van der Waals surface area contributed by atoms with Crippen LogP contribution >= 0.6 is 0 Å². The molecule has 1 aromatic heterocycles. The van der Waals surface area contributed by atoms with Crippen LogP contribution in [-0.4, -0.2) is 20.2 Å². The monoisotopic (exact) mass is 124 g/mol. The molecule has 42 valence electrons. The van der Waals surface area contributed by atoms with E-state index in [2.05, 4.69) is 9.97 Å². The number of hydrogen-bond acceptors (Lipinski definition) is 2. The smallest absolute Gasteiger partial charge is 0.125 e. The molecular formula is C5H8N2Si. The molecule has 0 aliphatic rings. The van der Waals surface area contributed by atoms with E-state index in [1.165, 1.54) is 5.19 Å². The summed E-state index contributed by atoms with van der Waals surface area (Å²) < 4.78 is 0. The minimum absolute atomic E-state index is 0.851. The van der Waals surface area contributed by atoms with Gasteiger partial charge in [0, 0.05) is 22.6 Å². The van der Waals surface area contributed by atoms with E-state index in [-0.39, 0.29) is 0 Å². The lowest BCUT2D eigenvalue weighted by Crippen LogP contribution is -2.04. The Balaban J connectivity index is 3.03. The Morgan fingerprint density at radius 3 is 2.25 bits per heavy atom. The molecule has 1 aromatic rings. The topological polar surface area (TPSA) is 25.8 Å². The third-order valence-electron chi connectivity index (χ3n) is 0.910. The van der Waals surface area contributed by atoms with Crippen LogP contribution in [0.2, 0.25) is 0 Å². The SMILES string of the molecule is Cc1ncc([SiH3])cn1. The minimum atomic E-state index is 0.851. The zero-order valence-corrected chi connectivity index (χ0v) is 7.05. The summed E-state index contributed by atoms with van der Waals surface area (Å²) in [6.45, 7) is 1.89. The normalized spacial score (nSPS) is 9.62. The molecule has 0 unspecified atom stereocenters. The molecule has 0 aliphatic heterocycles. The average Bonchev–Trinajstić information content (AvgIpc) is 1.77. The molecule has 0 atom stereocenters.